The highest BCUT2D eigenvalue weighted by Gasteiger charge is 2.58. The molecule has 2 fully saturated rings. The molecule has 2 saturated heterocycles. The fourth-order valence-electron chi connectivity index (χ4n) is 3.68. The van der Waals surface area contributed by atoms with Gasteiger partial charge in [-0.2, -0.15) is 13.2 Å². The minimum Gasteiger partial charge on any atom is -0.481 e. The minimum atomic E-state index is -4.40. The number of aromatic nitrogens is 1. The molecule has 0 spiro atoms. The Morgan fingerprint density at radius 3 is 2.60 bits per heavy atom. The predicted octanol–water partition coefficient (Wildman–Crippen LogP) is 1.77. The average Bonchev–Trinajstić information content (AvgIpc) is 3.08. The van der Waals surface area contributed by atoms with Crippen LogP contribution in [-0.2, 0) is 9.59 Å². The lowest BCUT2D eigenvalue weighted by atomic mass is 9.81. The molecule has 2 atom stereocenters. The molecule has 3 heterocycles. The van der Waals surface area contributed by atoms with Gasteiger partial charge in [0.25, 0.3) is 0 Å². The first-order chi connectivity index (χ1) is 11.7. The zero-order valence-corrected chi connectivity index (χ0v) is 13.4. The Bertz CT molecular complexity index is 668. The third kappa shape index (κ3) is 3.40. The second-order valence-electron chi connectivity index (χ2n) is 6.62. The summed E-state index contributed by atoms with van der Waals surface area (Å²) in [5.74, 6) is -1.34. The molecule has 1 N–H and O–H groups in total. The summed E-state index contributed by atoms with van der Waals surface area (Å²) in [5, 5.41) is 9.73. The number of carboxylic acid groups (broad SMARTS) is 1. The number of carbonyl (C=O) groups is 2. The molecule has 9 heteroatoms. The van der Waals surface area contributed by atoms with Crippen LogP contribution in [0.3, 0.4) is 0 Å². The van der Waals surface area contributed by atoms with Gasteiger partial charge >= 0.3 is 12.1 Å². The van der Waals surface area contributed by atoms with Gasteiger partial charge in [-0.05, 0) is 12.1 Å². The molecular weight excluding hydrogens is 339 g/mol. The van der Waals surface area contributed by atoms with E-state index in [1.165, 1.54) is 4.90 Å². The van der Waals surface area contributed by atoms with Crippen molar-refractivity contribution in [1.29, 1.82) is 0 Å². The van der Waals surface area contributed by atoms with Crippen molar-refractivity contribution in [3.05, 3.63) is 24.4 Å². The van der Waals surface area contributed by atoms with Crippen molar-refractivity contribution in [2.75, 3.05) is 31.1 Å². The lowest BCUT2D eigenvalue weighted by Crippen LogP contribution is -2.42. The molecule has 1 aromatic rings. The lowest BCUT2D eigenvalue weighted by molar-refractivity contribution is -0.151. The Morgan fingerprint density at radius 2 is 2.04 bits per heavy atom. The molecule has 0 unspecified atom stereocenters. The van der Waals surface area contributed by atoms with Gasteiger partial charge in [0.1, 0.15) is 11.2 Å². The van der Waals surface area contributed by atoms with Crippen LogP contribution in [0.1, 0.15) is 12.8 Å². The van der Waals surface area contributed by atoms with Gasteiger partial charge in [0.2, 0.25) is 5.91 Å². The second-order valence-corrected chi connectivity index (χ2v) is 6.62. The van der Waals surface area contributed by atoms with Crippen molar-refractivity contribution >= 4 is 17.7 Å². The molecule has 0 bridgehead atoms. The van der Waals surface area contributed by atoms with Crippen LogP contribution in [0.4, 0.5) is 19.0 Å². The van der Waals surface area contributed by atoms with E-state index >= 15 is 0 Å². The van der Waals surface area contributed by atoms with Crippen molar-refractivity contribution in [3.8, 4) is 0 Å². The summed E-state index contributed by atoms with van der Waals surface area (Å²) in [6.45, 7) is 0.693. The molecule has 25 heavy (non-hydrogen) atoms. The van der Waals surface area contributed by atoms with Crippen molar-refractivity contribution < 1.29 is 27.9 Å². The zero-order chi connectivity index (χ0) is 18.2. The molecule has 1 aromatic heterocycles. The van der Waals surface area contributed by atoms with E-state index in [0.29, 0.717) is 12.4 Å². The molecule has 1 amide bonds. The van der Waals surface area contributed by atoms with Gasteiger partial charge in [0, 0.05) is 44.7 Å². The number of carbonyl (C=O) groups excluding carboxylic acids is 1. The number of alkyl halides is 3. The predicted molar refractivity (Wildman–Crippen MR) is 81.9 cm³/mol. The van der Waals surface area contributed by atoms with Gasteiger partial charge in [0.05, 0.1) is 6.42 Å². The first-order valence-corrected chi connectivity index (χ1v) is 7.95. The number of nitrogens with zero attached hydrogens (tertiary/aromatic N) is 3. The summed E-state index contributed by atoms with van der Waals surface area (Å²) in [6.07, 6.45) is -4.61. The molecule has 2 aliphatic rings. The maximum absolute atomic E-state index is 12.3. The van der Waals surface area contributed by atoms with Gasteiger partial charge in [0.15, 0.2) is 0 Å². The summed E-state index contributed by atoms with van der Waals surface area (Å²) in [6, 6.07) is 5.34. The van der Waals surface area contributed by atoms with E-state index in [0.717, 1.165) is 0 Å². The van der Waals surface area contributed by atoms with Crippen LogP contribution < -0.4 is 4.90 Å². The number of halogens is 3. The van der Waals surface area contributed by atoms with Crippen LogP contribution in [0, 0.1) is 11.3 Å². The maximum Gasteiger partial charge on any atom is 0.389 e. The van der Waals surface area contributed by atoms with Crippen LogP contribution in [0.25, 0.3) is 0 Å². The van der Waals surface area contributed by atoms with Crippen molar-refractivity contribution in [3.63, 3.8) is 0 Å². The molecule has 0 aromatic carbocycles. The molecule has 0 radical (unpaired) electrons. The Morgan fingerprint density at radius 1 is 1.28 bits per heavy atom. The average molecular weight is 357 g/mol. The number of aliphatic carboxylic acids is 1. The van der Waals surface area contributed by atoms with E-state index in [1.54, 1.807) is 24.4 Å². The highest BCUT2D eigenvalue weighted by atomic mass is 19.4. The fraction of sp³-hybridized carbons (Fsp3) is 0.562. The van der Waals surface area contributed by atoms with Gasteiger partial charge in [-0.25, -0.2) is 4.98 Å². The van der Waals surface area contributed by atoms with E-state index in [1.807, 2.05) is 4.90 Å². The van der Waals surface area contributed by atoms with Crippen LogP contribution in [0.2, 0.25) is 0 Å². The van der Waals surface area contributed by atoms with Crippen molar-refractivity contribution in [1.82, 2.24) is 9.88 Å². The summed E-state index contributed by atoms with van der Waals surface area (Å²) in [4.78, 5) is 31.3. The molecule has 136 valence electrons. The second kappa shape index (κ2) is 6.20. The Hall–Kier alpha value is -2.32. The number of rotatable bonds is 4. The Labute approximate surface area is 142 Å². The third-order valence-electron chi connectivity index (χ3n) is 4.98. The highest BCUT2D eigenvalue weighted by molar-refractivity contribution is 5.82. The quantitative estimate of drug-likeness (QED) is 0.889. The number of hydrogen-bond acceptors (Lipinski definition) is 4. The number of anilines is 1. The van der Waals surface area contributed by atoms with Crippen LogP contribution in [0.5, 0.6) is 0 Å². The van der Waals surface area contributed by atoms with Crippen LogP contribution >= 0.6 is 0 Å². The number of carboxylic acids is 1. The molecule has 0 aliphatic carbocycles. The highest BCUT2D eigenvalue weighted by Crippen LogP contribution is 2.44. The summed E-state index contributed by atoms with van der Waals surface area (Å²) < 4.78 is 36.9. The van der Waals surface area contributed by atoms with E-state index in [4.69, 9.17) is 0 Å². The normalized spacial score (nSPS) is 26.0. The Balaban J connectivity index is 1.71. The van der Waals surface area contributed by atoms with E-state index in [9.17, 15) is 27.9 Å². The molecule has 2 aliphatic heterocycles. The topological polar surface area (TPSA) is 73.7 Å². The maximum atomic E-state index is 12.3. The third-order valence-corrected chi connectivity index (χ3v) is 4.98. The monoisotopic (exact) mass is 357 g/mol. The smallest absolute Gasteiger partial charge is 0.389 e. The van der Waals surface area contributed by atoms with Gasteiger partial charge < -0.3 is 14.9 Å². The molecule has 3 rings (SSSR count). The molecule has 6 nitrogen and oxygen atoms in total. The van der Waals surface area contributed by atoms with Crippen LogP contribution in [-0.4, -0.2) is 59.2 Å². The number of likely N-dealkylation sites (tertiary alicyclic amines) is 1. The van der Waals surface area contributed by atoms with Crippen molar-refractivity contribution in [2.45, 2.75) is 19.0 Å². The molecular formula is C16H18F3N3O3. The lowest BCUT2D eigenvalue weighted by Gasteiger charge is -2.26. The summed E-state index contributed by atoms with van der Waals surface area (Å²) in [5.41, 5.74) is -1.16. The SMILES string of the molecule is O=C(CCC(F)(F)F)N1C[C@H]2CN(c3ccccn3)C[C@@]2(C(=O)O)C1. The van der Waals surface area contributed by atoms with E-state index < -0.39 is 36.3 Å². The van der Waals surface area contributed by atoms with Crippen molar-refractivity contribution in [2.24, 2.45) is 11.3 Å². The number of hydrogen-bond donors (Lipinski definition) is 1. The minimum absolute atomic E-state index is 0.0625. The first kappa shape index (κ1) is 17.5. The Kier molecular flexibility index (Phi) is 4.34. The number of amides is 1. The van der Waals surface area contributed by atoms with Crippen LogP contribution in [0.15, 0.2) is 24.4 Å². The van der Waals surface area contributed by atoms with E-state index in [-0.39, 0.29) is 25.6 Å². The summed E-state index contributed by atoms with van der Waals surface area (Å²) in [7, 11) is 0. The summed E-state index contributed by atoms with van der Waals surface area (Å²) >= 11 is 0. The molecule has 0 saturated carbocycles. The number of fused-ring (bicyclic) bond motifs is 1. The van der Waals surface area contributed by atoms with Gasteiger partial charge in [-0.3, -0.25) is 9.59 Å². The zero-order valence-electron chi connectivity index (χ0n) is 13.4. The number of pyridine rings is 1. The van der Waals surface area contributed by atoms with E-state index in [2.05, 4.69) is 4.98 Å². The van der Waals surface area contributed by atoms with Gasteiger partial charge in [-0.1, -0.05) is 6.07 Å². The fourth-order valence-corrected chi connectivity index (χ4v) is 3.68. The standard InChI is InChI=1S/C16H18F3N3O3/c17-16(18,19)5-4-13(23)22-8-11-7-21(12-3-1-2-6-20-12)9-15(11,10-22)14(24)25/h1-3,6,11H,4-5,7-10H2,(H,24,25)/t11-,15-/m1/s1. The largest absolute Gasteiger partial charge is 0.481 e. The first-order valence-electron chi connectivity index (χ1n) is 7.95. The van der Waals surface area contributed by atoms with Gasteiger partial charge in [-0.15, -0.1) is 0 Å².